The molecule has 116 valence electrons. The highest BCUT2D eigenvalue weighted by Gasteiger charge is 2.16. The van der Waals surface area contributed by atoms with Gasteiger partial charge in [0.05, 0.1) is 16.7 Å². The second kappa shape index (κ2) is 5.57. The number of nitrogens with zero attached hydrogens (tertiary/aromatic N) is 3. The van der Waals surface area contributed by atoms with Gasteiger partial charge < -0.3 is 9.88 Å². The van der Waals surface area contributed by atoms with Crippen LogP contribution in [0.15, 0.2) is 35.4 Å². The minimum absolute atomic E-state index is 0.0201. The van der Waals surface area contributed by atoms with Crippen molar-refractivity contribution < 1.29 is 0 Å². The van der Waals surface area contributed by atoms with Crippen LogP contribution in [0.5, 0.6) is 0 Å². The van der Waals surface area contributed by atoms with Crippen molar-refractivity contribution in [2.75, 3.05) is 0 Å². The Morgan fingerprint density at radius 1 is 1.14 bits per heavy atom. The van der Waals surface area contributed by atoms with Crippen molar-refractivity contribution in [3.63, 3.8) is 0 Å². The molecule has 3 rings (SSSR count). The van der Waals surface area contributed by atoms with Crippen LogP contribution >= 0.6 is 0 Å². The third-order valence-electron chi connectivity index (χ3n) is 3.86. The average Bonchev–Trinajstić information content (AvgIpc) is 2.89. The number of nitrogens with one attached hydrogen (secondary N) is 1. The molecule has 1 N–H and O–H groups in total. The van der Waals surface area contributed by atoms with Crippen molar-refractivity contribution in [1.82, 2.24) is 19.3 Å². The van der Waals surface area contributed by atoms with Crippen molar-refractivity contribution >= 4 is 16.6 Å². The summed E-state index contributed by atoms with van der Waals surface area (Å²) in [5, 5.41) is 3.34. The first-order valence-electron chi connectivity index (χ1n) is 7.73. The first kappa shape index (κ1) is 14.8. The summed E-state index contributed by atoms with van der Waals surface area (Å²) in [5.74, 6) is 0. The number of fused-ring (bicyclic) bond motifs is 3. The molecule has 0 amide bonds. The molecule has 0 aliphatic rings. The average molecular weight is 298 g/mol. The second-order valence-electron chi connectivity index (χ2n) is 6.20. The Morgan fingerprint density at radius 2 is 1.82 bits per heavy atom. The zero-order valence-corrected chi connectivity index (χ0v) is 13.5. The minimum atomic E-state index is 0.0201. The van der Waals surface area contributed by atoms with Gasteiger partial charge in [-0.3, -0.25) is 9.20 Å². The van der Waals surface area contributed by atoms with Crippen molar-refractivity contribution in [3.05, 3.63) is 46.6 Å². The molecule has 0 radical (unpaired) electrons. The number of imidazole rings is 1. The lowest BCUT2D eigenvalue weighted by Gasteiger charge is -2.15. The summed E-state index contributed by atoms with van der Waals surface area (Å²) in [6.07, 6.45) is 1.75. The highest BCUT2D eigenvalue weighted by molar-refractivity contribution is 5.79. The van der Waals surface area contributed by atoms with E-state index in [4.69, 9.17) is 0 Å². The summed E-state index contributed by atoms with van der Waals surface area (Å²) >= 11 is 0. The Bertz CT molecular complexity index is 873. The molecule has 0 fully saturated rings. The predicted octanol–water partition coefficient (Wildman–Crippen LogP) is 2.73. The van der Waals surface area contributed by atoms with E-state index in [-0.39, 0.29) is 11.6 Å². The molecule has 2 heterocycles. The zero-order valence-electron chi connectivity index (χ0n) is 13.5. The van der Waals surface area contributed by atoms with Gasteiger partial charge >= 0.3 is 0 Å². The van der Waals surface area contributed by atoms with Gasteiger partial charge in [0.2, 0.25) is 0 Å². The lowest BCUT2D eigenvalue weighted by Crippen LogP contribution is -2.27. The van der Waals surface area contributed by atoms with Gasteiger partial charge in [0.15, 0.2) is 0 Å². The number of hydrogen-bond donors (Lipinski definition) is 1. The van der Waals surface area contributed by atoms with Crippen LogP contribution in [0.4, 0.5) is 0 Å². The Balaban J connectivity index is 2.34. The fraction of sp³-hybridized carbons (Fsp3) is 0.412. The Labute approximate surface area is 129 Å². The van der Waals surface area contributed by atoms with Crippen LogP contribution in [0, 0.1) is 0 Å². The largest absolute Gasteiger partial charge is 0.309 e. The molecule has 0 spiro atoms. The van der Waals surface area contributed by atoms with E-state index in [1.54, 1.807) is 6.33 Å². The molecular weight excluding hydrogens is 276 g/mol. The molecule has 0 aliphatic heterocycles. The number of para-hydroxylation sites is 2. The van der Waals surface area contributed by atoms with Gasteiger partial charge in [-0.1, -0.05) is 26.0 Å². The fourth-order valence-electron chi connectivity index (χ4n) is 2.83. The lowest BCUT2D eigenvalue weighted by molar-refractivity contribution is 0.581. The molecule has 0 saturated heterocycles. The van der Waals surface area contributed by atoms with Gasteiger partial charge in [-0.2, -0.15) is 0 Å². The molecule has 5 nitrogen and oxygen atoms in total. The van der Waals surface area contributed by atoms with E-state index in [0.29, 0.717) is 18.1 Å². The van der Waals surface area contributed by atoms with Crippen molar-refractivity contribution in [2.45, 2.75) is 46.3 Å². The number of benzene rings is 1. The van der Waals surface area contributed by atoms with Gasteiger partial charge in [-0.15, -0.1) is 0 Å². The Kier molecular flexibility index (Phi) is 3.74. The van der Waals surface area contributed by atoms with Crippen molar-refractivity contribution in [1.29, 1.82) is 0 Å². The van der Waals surface area contributed by atoms with Crippen LogP contribution in [0.2, 0.25) is 0 Å². The van der Waals surface area contributed by atoms with E-state index in [9.17, 15) is 4.79 Å². The third kappa shape index (κ3) is 2.31. The van der Waals surface area contributed by atoms with Crippen LogP contribution in [0.1, 0.15) is 39.4 Å². The predicted molar refractivity (Wildman–Crippen MR) is 89.3 cm³/mol. The molecule has 3 aromatic rings. The van der Waals surface area contributed by atoms with E-state index < -0.39 is 0 Å². The Hall–Kier alpha value is -2.14. The van der Waals surface area contributed by atoms with Crippen LogP contribution in [-0.4, -0.2) is 20.0 Å². The topological polar surface area (TPSA) is 51.3 Å². The SMILES string of the molecule is CC(C)NCc1ncn2c1c(=O)n(C(C)C)c1ccccc12. The number of hydrogen-bond acceptors (Lipinski definition) is 3. The molecule has 22 heavy (non-hydrogen) atoms. The van der Waals surface area contributed by atoms with Gasteiger partial charge in [-0.25, -0.2) is 4.98 Å². The van der Waals surface area contributed by atoms with Crippen LogP contribution in [0.25, 0.3) is 16.6 Å². The monoisotopic (exact) mass is 298 g/mol. The zero-order chi connectivity index (χ0) is 15.9. The summed E-state index contributed by atoms with van der Waals surface area (Å²) in [7, 11) is 0. The second-order valence-corrected chi connectivity index (χ2v) is 6.20. The summed E-state index contributed by atoms with van der Waals surface area (Å²) < 4.78 is 3.76. The van der Waals surface area contributed by atoms with E-state index in [0.717, 1.165) is 16.7 Å². The minimum Gasteiger partial charge on any atom is -0.309 e. The number of aromatic nitrogens is 3. The maximum absolute atomic E-state index is 13.0. The van der Waals surface area contributed by atoms with E-state index in [1.807, 2.05) is 47.1 Å². The summed E-state index contributed by atoms with van der Waals surface area (Å²) in [6.45, 7) is 8.83. The van der Waals surface area contributed by atoms with Crippen molar-refractivity contribution in [2.24, 2.45) is 0 Å². The molecule has 2 aromatic heterocycles. The van der Waals surface area contributed by atoms with Crippen molar-refractivity contribution in [3.8, 4) is 0 Å². The number of rotatable bonds is 4. The molecular formula is C17H22N4O. The third-order valence-corrected chi connectivity index (χ3v) is 3.86. The Morgan fingerprint density at radius 3 is 2.45 bits per heavy atom. The molecule has 0 saturated carbocycles. The van der Waals surface area contributed by atoms with Gasteiger partial charge in [0.25, 0.3) is 5.56 Å². The van der Waals surface area contributed by atoms with Crippen LogP contribution in [-0.2, 0) is 6.54 Å². The fourth-order valence-corrected chi connectivity index (χ4v) is 2.83. The van der Waals surface area contributed by atoms with E-state index in [2.05, 4.69) is 24.1 Å². The van der Waals surface area contributed by atoms with Gasteiger partial charge in [0.1, 0.15) is 11.8 Å². The summed E-state index contributed by atoms with van der Waals surface area (Å²) in [6, 6.07) is 8.42. The first-order valence-corrected chi connectivity index (χ1v) is 7.73. The first-order chi connectivity index (χ1) is 10.5. The maximum Gasteiger partial charge on any atom is 0.277 e. The highest BCUT2D eigenvalue weighted by Crippen LogP contribution is 2.19. The molecule has 0 atom stereocenters. The molecule has 5 heteroatoms. The molecule has 0 aliphatic carbocycles. The molecule has 0 unspecified atom stereocenters. The lowest BCUT2D eigenvalue weighted by atomic mass is 10.2. The molecule has 0 bridgehead atoms. The summed E-state index contributed by atoms with van der Waals surface area (Å²) in [5.41, 5.74) is 3.44. The van der Waals surface area contributed by atoms with Gasteiger partial charge in [-0.05, 0) is 26.0 Å². The highest BCUT2D eigenvalue weighted by atomic mass is 16.1. The summed E-state index contributed by atoms with van der Waals surface area (Å²) in [4.78, 5) is 17.5. The van der Waals surface area contributed by atoms with E-state index >= 15 is 0 Å². The van der Waals surface area contributed by atoms with Crippen LogP contribution < -0.4 is 10.9 Å². The standard InChI is InChI=1S/C17H22N4O/c1-11(2)18-9-13-16-17(22)21(12(3)4)15-8-6-5-7-14(15)20(16)10-19-13/h5-8,10-12,18H,9H2,1-4H3. The van der Waals surface area contributed by atoms with E-state index in [1.165, 1.54) is 0 Å². The normalized spacial score (nSPS) is 12.1. The maximum atomic E-state index is 13.0. The molecule has 1 aromatic carbocycles. The van der Waals surface area contributed by atoms with Gasteiger partial charge in [0, 0.05) is 18.6 Å². The quantitative estimate of drug-likeness (QED) is 0.806. The van der Waals surface area contributed by atoms with Crippen LogP contribution in [0.3, 0.4) is 0 Å². The smallest absolute Gasteiger partial charge is 0.277 e.